The first-order valence-electron chi connectivity index (χ1n) is 5.26. The number of aromatic nitrogens is 2. The standard InChI is InChI=1S/C12H12N6/c13-12(14)18-17-11(9-4-2-1-3-5-9)10-8-15-6-7-16-10/h1-8H,(H4,13,14,18)/b17-11-. The molecule has 0 atom stereocenters. The van der Waals surface area contributed by atoms with Gasteiger partial charge in [0.15, 0.2) is 0 Å². The van der Waals surface area contributed by atoms with E-state index in [0.717, 1.165) is 5.56 Å². The van der Waals surface area contributed by atoms with Gasteiger partial charge in [-0.3, -0.25) is 9.97 Å². The van der Waals surface area contributed by atoms with Gasteiger partial charge in [0.2, 0.25) is 5.96 Å². The summed E-state index contributed by atoms with van der Waals surface area (Å²) >= 11 is 0. The zero-order chi connectivity index (χ0) is 12.8. The Balaban J connectivity index is 2.49. The van der Waals surface area contributed by atoms with Gasteiger partial charge in [-0.05, 0) is 0 Å². The molecular formula is C12H12N6. The largest absolute Gasteiger partial charge is 0.369 e. The van der Waals surface area contributed by atoms with E-state index >= 15 is 0 Å². The van der Waals surface area contributed by atoms with Gasteiger partial charge in [-0.25, -0.2) is 0 Å². The molecule has 0 saturated heterocycles. The molecule has 2 rings (SSSR count). The topological polar surface area (TPSA) is 103 Å². The highest BCUT2D eigenvalue weighted by atomic mass is 15.3. The van der Waals surface area contributed by atoms with Crippen LogP contribution in [0, 0.1) is 0 Å². The van der Waals surface area contributed by atoms with Gasteiger partial charge in [-0.1, -0.05) is 30.3 Å². The Kier molecular flexibility index (Phi) is 3.60. The van der Waals surface area contributed by atoms with Crippen molar-refractivity contribution in [3.63, 3.8) is 0 Å². The normalized spacial score (nSPS) is 11.0. The Morgan fingerprint density at radius 1 is 1.00 bits per heavy atom. The molecule has 0 fully saturated rings. The second-order valence-corrected chi connectivity index (χ2v) is 3.43. The van der Waals surface area contributed by atoms with Crippen molar-refractivity contribution in [2.75, 3.05) is 0 Å². The molecule has 4 N–H and O–H groups in total. The molecule has 0 bridgehead atoms. The van der Waals surface area contributed by atoms with E-state index in [0.29, 0.717) is 11.4 Å². The van der Waals surface area contributed by atoms with Crippen LogP contribution in [0.4, 0.5) is 0 Å². The summed E-state index contributed by atoms with van der Waals surface area (Å²) in [4.78, 5) is 8.19. The van der Waals surface area contributed by atoms with E-state index in [1.54, 1.807) is 18.6 Å². The van der Waals surface area contributed by atoms with Crippen LogP contribution < -0.4 is 11.5 Å². The number of guanidine groups is 1. The van der Waals surface area contributed by atoms with Crippen LogP contribution in [0.25, 0.3) is 0 Å². The molecule has 90 valence electrons. The minimum absolute atomic E-state index is 0.104. The maximum absolute atomic E-state index is 5.28. The van der Waals surface area contributed by atoms with E-state index < -0.39 is 0 Å². The number of hydrogen-bond donors (Lipinski definition) is 2. The van der Waals surface area contributed by atoms with E-state index in [4.69, 9.17) is 11.5 Å². The van der Waals surface area contributed by atoms with Crippen LogP contribution in [-0.4, -0.2) is 21.6 Å². The smallest absolute Gasteiger partial charge is 0.211 e. The fourth-order valence-corrected chi connectivity index (χ4v) is 1.38. The highest BCUT2D eigenvalue weighted by Crippen LogP contribution is 2.08. The van der Waals surface area contributed by atoms with Gasteiger partial charge in [0.1, 0.15) is 11.4 Å². The van der Waals surface area contributed by atoms with Crippen LogP contribution >= 0.6 is 0 Å². The van der Waals surface area contributed by atoms with Crippen molar-refractivity contribution >= 4 is 11.7 Å². The van der Waals surface area contributed by atoms with Gasteiger partial charge in [0.05, 0.1) is 6.20 Å². The number of rotatable bonds is 3. The minimum Gasteiger partial charge on any atom is -0.369 e. The second kappa shape index (κ2) is 5.53. The van der Waals surface area contributed by atoms with Crippen LogP contribution in [0.15, 0.2) is 59.1 Å². The van der Waals surface area contributed by atoms with Crippen LogP contribution in [0.2, 0.25) is 0 Å². The Hall–Kier alpha value is -2.76. The maximum Gasteiger partial charge on any atom is 0.211 e. The number of hydrogen-bond acceptors (Lipinski definition) is 4. The minimum atomic E-state index is -0.104. The summed E-state index contributed by atoms with van der Waals surface area (Å²) in [5.41, 5.74) is 12.6. The Labute approximate surface area is 104 Å². The third-order valence-corrected chi connectivity index (χ3v) is 2.12. The van der Waals surface area contributed by atoms with Crippen molar-refractivity contribution in [1.82, 2.24) is 9.97 Å². The van der Waals surface area contributed by atoms with Crippen molar-refractivity contribution in [2.24, 2.45) is 21.7 Å². The van der Waals surface area contributed by atoms with Gasteiger partial charge in [-0.15, -0.1) is 10.2 Å². The molecule has 0 aliphatic carbocycles. The Morgan fingerprint density at radius 2 is 1.78 bits per heavy atom. The molecule has 0 saturated carbocycles. The summed E-state index contributed by atoms with van der Waals surface area (Å²) in [6.07, 6.45) is 4.78. The molecule has 0 amide bonds. The molecule has 1 aromatic heterocycles. The first-order chi connectivity index (χ1) is 8.77. The highest BCUT2D eigenvalue weighted by Gasteiger charge is 2.08. The molecule has 1 heterocycles. The summed E-state index contributed by atoms with van der Waals surface area (Å²) < 4.78 is 0. The van der Waals surface area contributed by atoms with Gasteiger partial charge in [0, 0.05) is 18.0 Å². The van der Waals surface area contributed by atoms with E-state index in [2.05, 4.69) is 20.2 Å². The fourth-order valence-electron chi connectivity index (χ4n) is 1.38. The molecule has 0 spiro atoms. The van der Waals surface area contributed by atoms with Crippen molar-refractivity contribution in [3.05, 3.63) is 60.2 Å². The molecule has 1 aromatic carbocycles. The first kappa shape index (κ1) is 11.7. The molecule has 6 nitrogen and oxygen atoms in total. The average Bonchev–Trinajstić information content (AvgIpc) is 2.41. The molecule has 2 aromatic rings. The maximum atomic E-state index is 5.28. The fraction of sp³-hybridized carbons (Fsp3) is 0. The predicted octanol–water partition coefficient (Wildman–Crippen LogP) is 0.502. The number of nitrogens with two attached hydrogens (primary N) is 2. The third kappa shape index (κ3) is 2.88. The molecule has 0 aliphatic rings. The lowest BCUT2D eigenvalue weighted by Gasteiger charge is -2.03. The molecule has 0 unspecified atom stereocenters. The Morgan fingerprint density at radius 3 is 2.39 bits per heavy atom. The van der Waals surface area contributed by atoms with Crippen molar-refractivity contribution in [2.45, 2.75) is 0 Å². The Bertz CT molecular complexity index is 516. The summed E-state index contributed by atoms with van der Waals surface area (Å²) in [7, 11) is 0. The predicted molar refractivity (Wildman–Crippen MR) is 69.9 cm³/mol. The van der Waals surface area contributed by atoms with Crippen LogP contribution in [0.3, 0.4) is 0 Å². The zero-order valence-electron chi connectivity index (χ0n) is 9.56. The van der Waals surface area contributed by atoms with Crippen LogP contribution in [-0.2, 0) is 0 Å². The summed E-state index contributed by atoms with van der Waals surface area (Å²) in [5.74, 6) is -0.104. The molecular weight excluding hydrogens is 228 g/mol. The van der Waals surface area contributed by atoms with Crippen molar-refractivity contribution in [1.29, 1.82) is 0 Å². The quantitative estimate of drug-likeness (QED) is 0.463. The molecule has 0 aliphatic heterocycles. The molecule has 18 heavy (non-hydrogen) atoms. The molecule has 6 heteroatoms. The van der Waals surface area contributed by atoms with E-state index in [1.165, 1.54) is 0 Å². The summed E-state index contributed by atoms with van der Waals surface area (Å²) in [5, 5.41) is 7.69. The van der Waals surface area contributed by atoms with E-state index in [-0.39, 0.29) is 5.96 Å². The summed E-state index contributed by atoms with van der Waals surface area (Å²) in [6.45, 7) is 0. The lowest BCUT2D eigenvalue weighted by molar-refractivity contribution is 1.15. The lowest BCUT2D eigenvalue weighted by atomic mass is 10.1. The SMILES string of the molecule is NC(N)=N/N=C(/c1ccccc1)c1cnccn1. The molecule has 0 radical (unpaired) electrons. The third-order valence-electron chi connectivity index (χ3n) is 2.12. The first-order valence-corrected chi connectivity index (χ1v) is 5.26. The van der Waals surface area contributed by atoms with Gasteiger partial charge >= 0.3 is 0 Å². The monoisotopic (exact) mass is 240 g/mol. The van der Waals surface area contributed by atoms with Crippen LogP contribution in [0.5, 0.6) is 0 Å². The highest BCUT2D eigenvalue weighted by molar-refractivity contribution is 6.11. The van der Waals surface area contributed by atoms with Crippen molar-refractivity contribution < 1.29 is 0 Å². The lowest BCUT2D eigenvalue weighted by Crippen LogP contribution is -2.22. The van der Waals surface area contributed by atoms with Gasteiger partial charge < -0.3 is 11.5 Å². The number of benzene rings is 1. The summed E-state index contributed by atoms with van der Waals surface area (Å²) in [6, 6.07) is 9.51. The van der Waals surface area contributed by atoms with Crippen LogP contribution in [0.1, 0.15) is 11.3 Å². The average molecular weight is 240 g/mol. The van der Waals surface area contributed by atoms with Gasteiger partial charge in [0.25, 0.3) is 0 Å². The van der Waals surface area contributed by atoms with E-state index in [1.807, 2.05) is 30.3 Å². The van der Waals surface area contributed by atoms with E-state index in [9.17, 15) is 0 Å². The second-order valence-electron chi connectivity index (χ2n) is 3.43. The number of nitrogens with zero attached hydrogens (tertiary/aromatic N) is 4. The van der Waals surface area contributed by atoms with Gasteiger partial charge in [-0.2, -0.15) is 0 Å². The zero-order valence-corrected chi connectivity index (χ0v) is 9.56. The van der Waals surface area contributed by atoms with Crippen molar-refractivity contribution in [3.8, 4) is 0 Å².